The Kier molecular flexibility index (Phi) is 2.53. The molecule has 0 saturated carbocycles. The van der Waals surface area contributed by atoms with Crippen molar-refractivity contribution in [3.63, 3.8) is 0 Å². The molecule has 0 amide bonds. The Morgan fingerprint density at radius 2 is 2.50 bits per heavy atom. The summed E-state index contributed by atoms with van der Waals surface area (Å²) in [6.45, 7) is 0.565. The van der Waals surface area contributed by atoms with E-state index in [-0.39, 0.29) is 0 Å². The molecule has 4 heteroatoms. The van der Waals surface area contributed by atoms with Gasteiger partial charge in [0.2, 0.25) is 0 Å². The average molecular weight is 233 g/mol. The van der Waals surface area contributed by atoms with Crippen LogP contribution < -0.4 is 5.73 Å². The third-order valence-electron chi connectivity index (χ3n) is 3.31. The van der Waals surface area contributed by atoms with Crippen molar-refractivity contribution in [2.24, 2.45) is 5.73 Å². The highest BCUT2D eigenvalue weighted by Gasteiger charge is 2.23. The average Bonchev–Trinajstić information content (AvgIpc) is 2.96. The standard InChI is InChI=1S/C12H15N3S/c13-6-9-7-14-8-15(9)11-2-1-3-12-10(11)4-5-16-12/h4-5,7-8,11H,1-3,6,13H2. The van der Waals surface area contributed by atoms with Crippen molar-refractivity contribution in [1.29, 1.82) is 0 Å². The zero-order chi connectivity index (χ0) is 11.0. The van der Waals surface area contributed by atoms with E-state index in [4.69, 9.17) is 5.73 Å². The Labute approximate surface area is 98.9 Å². The first kappa shape index (κ1) is 10.1. The van der Waals surface area contributed by atoms with Crippen LogP contribution in [0.5, 0.6) is 0 Å². The maximum absolute atomic E-state index is 5.74. The zero-order valence-electron chi connectivity index (χ0n) is 9.10. The molecule has 0 spiro atoms. The third-order valence-corrected chi connectivity index (χ3v) is 4.31. The van der Waals surface area contributed by atoms with Gasteiger partial charge in [-0.25, -0.2) is 4.98 Å². The third kappa shape index (κ3) is 1.49. The lowest BCUT2D eigenvalue weighted by Crippen LogP contribution is -2.18. The Bertz CT molecular complexity index is 486. The lowest BCUT2D eigenvalue weighted by Gasteiger charge is -2.25. The van der Waals surface area contributed by atoms with E-state index in [2.05, 4.69) is 21.0 Å². The molecule has 0 aromatic carbocycles. The molecule has 84 valence electrons. The molecule has 1 unspecified atom stereocenters. The van der Waals surface area contributed by atoms with Gasteiger partial charge in [-0.2, -0.15) is 0 Å². The molecule has 3 rings (SSSR count). The first-order chi connectivity index (χ1) is 7.90. The number of nitrogens with zero attached hydrogens (tertiary/aromatic N) is 2. The van der Waals surface area contributed by atoms with Crippen LogP contribution in [0, 0.1) is 0 Å². The van der Waals surface area contributed by atoms with Gasteiger partial charge in [0, 0.05) is 17.6 Å². The second-order valence-electron chi connectivity index (χ2n) is 4.20. The van der Waals surface area contributed by atoms with E-state index in [1.54, 1.807) is 0 Å². The van der Waals surface area contributed by atoms with E-state index < -0.39 is 0 Å². The molecule has 16 heavy (non-hydrogen) atoms. The van der Waals surface area contributed by atoms with Gasteiger partial charge in [0.05, 0.1) is 18.1 Å². The Morgan fingerprint density at radius 3 is 3.38 bits per heavy atom. The molecule has 3 nitrogen and oxygen atoms in total. The maximum atomic E-state index is 5.74. The van der Waals surface area contributed by atoms with Gasteiger partial charge in [-0.15, -0.1) is 11.3 Å². The number of hydrogen-bond acceptors (Lipinski definition) is 3. The number of hydrogen-bond donors (Lipinski definition) is 1. The van der Waals surface area contributed by atoms with Gasteiger partial charge < -0.3 is 10.3 Å². The number of aromatic nitrogens is 2. The molecule has 0 fully saturated rings. The molecule has 2 heterocycles. The minimum absolute atomic E-state index is 0.455. The summed E-state index contributed by atoms with van der Waals surface area (Å²) in [5, 5.41) is 2.20. The van der Waals surface area contributed by atoms with E-state index in [1.807, 2.05) is 23.9 Å². The molecular weight excluding hydrogens is 218 g/mol. The molecule has 0 bridgehead atoms. The highest BCUT2D eigenvalue weighted by molar-refractivity contribution is 7.10. The van der Waals surface area contributed by atoms with Crippen LogP contribution >= 0.6 is 11.3 Å². The monoisotopic (exact) mass is 233 g/mol. The molecule has 0 saturated heterocycles. The molecule has 2 N–H and O–H groups in total. The molecule has 1 aliphatic rings. The van der Waals surface area contributed by atoms with Crippen LogP contribution in [0.15, 0.2) is 24.0 Å². The number of nitrogens with two attached hydrogens (primary N) is 1. The van der Waals surface area contributed by atoms with E-state index in [0.29, 0.717) is 12.6 Å². The van der Waals surface area contributed by atoms with Gasteiger partial charge in [0.1, 0.15) is 0 Å². The van der Waals surface area contributed by atoms with Gasteiger partial charge in [-0.3, -0.25) is 0 Å². The van der Waals surface area contributed by atoms with Gasteiger partial charge in [-0.05, 0) is 36.3 Å². The van der Waals surface area contributed by atoms with Gasteiger partial charge in [-0.1, -0.05) is 0 Å². The summed E-state index contributed by atoms with van der Waals surface area (Å²) in [4.78, 5) is 5.75. The van der Waals surface area contributed by atoms with Crippen molar-refractivity contribution < 1.29 is 0 Å². The summed E-state index contributed by atoms with van der Waals surface area (Å²) in [7, 11) is 0. The van der Waals surface area contributed by atoms with Crippen LogP contribution in [0.4, 0.5) is 0 Å². The van der Waals surface area contributed by atoms with E-state index in [1.165, 1.54) is 29.7 Å². The first-order valence-electron chi connectivity index (χ1n) is 5.67. The van der Waals surface area contributed by atoms with Crippen LogP contribution in [-0.2, 0) is 13.0 Å². The normalized spacial score (nSPS) is 19.7. The minimum atomic E-state index is 0.455. The van der Waals surface area contributed by atoms with Crippen molar-refractivity contribution in [3.8, 4) is 0 Å². The Hall–Kier alpha value is -1.13. The fraction of sp³-hybridized carbons (Fsp3) is 0.417. The summed E-state index contributed by atoms with van der Waals surface area (Å²) < 4.78 is 2.24. The SMILES string of the molecule is NCc1cncn1C1CCCc2sccc21. The van der Waals surface area contributed by atoms with Crippen LogP contribution in [0.25, 0.3) is 0 Å². The maximum Gasteiger partial charge on any atom is 0.0954 e. The molecule has 2 aromatic rings. The van der Waals surface area contributed by atoms with Crippen molar-refractivity contribution >= 4 is 11.3 Å². The quantitative estimate of drug-likeness (QED) is 0.865. The minimum Gasteiger partial charge on any atom is -0.326 e. The van der Waals surface area contributed by atoms with Crippen molar-refractivity contribution in [2.45, 2.75) is 31.8 Å². The topological polar surface area (TPSA) is 43.8 Å². The number of rotatable bonds is 2. The predicted molar refractivity (Wildman–Crippen MR) is 65.5 cm³/mol. The lowest BCUT2D eigenvalue weighted by atomic mass is 9.94. The Balaban J connectivity index is 2.04. The van der Waals surface area contributed by atoms with Crippen molar-refractivity contribution in [1.82, 2.24) is 9.55 Å². The number of aryl methyl sites for hydroxylation is 1. The Morgan fingerprint density at radius 1 is 1.56 bits per heavy atom. The second kappa shape index (κ2) is 4.03. The molecular formula is C12H15N3S. The smallest absolute Gasteiger partial charge is 0.0954 e. The highest BCUT2D eigenvalue weighted by atomic mass is 32.1. The van der Waals surface area contributed by atoms with Gasteiger partial charge in [0.15, 0.2) is 0 Å². The summed E-state index contributed by atoms with van der Waals surface area (Å²) in [5.74, 6) is 0. The largest absolute Gasteiger partial charge is 0.326 e. The zero-order valence-corrected chi connectivity index (χ0v) is 9.91. The van der Waals surface area contributed by atoms with E-state index in [9.17, 15) is 0 Å². The molecule has 0 radical (unpaired) electrons. The first-order valence-corrected chi connectivity index (χ1v) is 6.55. The van der Waals surface area contributed by atoms with Gasteiger partial charge in [0.25, 0.3) is 0 Å². The van der Waals surface area contributed by atoms with Crippen molar-refractivity contribution in [3.05, 3.63) is 40.1 Å². The second-order valence-corrected chi connectivity index (χ2v) is 5.20. The fourth-order valence-electron chi connectivity index (χ4n) is 2.52. The van der Waals surface area contributed by atoms with Crippen LogP contribution in [0.2, 0.25) is 0 Å². The van der Waals surface area contributed by atoms with Crippen LogP contribution in [0.3, 0.4) is 0 Å². The van der Waals surface area contributed by atoms with Gasteiger partial charge >= 0.3 is 0 Å². The summed E-state index contributed by atoms with van der Waals surface area (Å²) >= 11 is 1.87. The molecule has 1 aliphatic carbocycles. The summed E-state index contributed by atoms with van der Waals surface area (Å²) in [6.07, 6.45) is 7.49. The number of imidazole rings is 1. The molecule has 0 aliphatic heterocycles. The lowest BCUT2D eigenvalue weighted by molar-refractivity contribution is 0.482. The van der Waals surface area contributed by atoms with Crippen molar-refractivity contribution in [2.75, 3.05) is 0 Å². The summed E-state index contributed by atoms with van der Waals surface area (Å²) in [5.41, 5.74) is 8.34. The number of fused-ring (bicyclic) bond motifs is 1. The molecule has 1 atom stereocenters. The summed E-state index contributed by atoms with van der Waals surface area (Å²) in [6, 6.07) is 2.71. The predicted octanol–water partition coefficient (Wildman–Crippen LogP) is 2.33. The number of thiophene rings is 1. The highest BCUT2D eigenvalue weighted by Crippen LogP contribution is 2.36. The van der Waals surface area contributed by atoms with Crippen LogP contribution in [0.1, 0.15) is 35.0 Å². The van der Waals surface area contributed by atoms with E-state index in [0.717, 1.165) is 5.69 Å². The molecule has 2 aromatic heterocycles. The van der Waals surface area contributed by atoms with E-state index >= 15 is 0 Å². The fourth-order valence-corrected chi connectivity index (χ4v) is 3.50. The van der Waals surface area contributed by atoms with Crippen LogP contribution in [-0.4, -0.2) is 9.55 Å².